The van der Waals surface area contributed by atoms with Gasteiger partial charge in [-0.25, -0.2) is 0 Å². The highest BCUT2D eigenvalue weighted by molar-refractivity contribution is 5.46. The first-order valence-electron chi connectivity index (χ1n) is 5.81. The van der Waals surface area contributed by atoms with Gasteiger partial charge in [0.1, 0.15) is 6.07 Å². The van der Waals surface area contributed by atoms with Crippen LogP contribution >= 0.6 is 0 Å². The fourth-order valence-electron chi connectivity index (χ4n) is 2.14. The van der Waals surface area contributed by atoms with E-state index in [1.165, 1.54) is 5.69 Å². The molecule has 4 nitrogen and oxygen atoms in total. The minimum atomic E-state index is -0.409. The van der Waals surface area contributed by atoms with Crippen LogP contribution in [0.1, 0.15) is 0 Å². The molecule has 1 heterocycles. The van der Waals surface area contributed by atoms with Gasteiger partial charge in [-0.15, -0.1) is 0 Å². The summed E-state index contributed by atoms with van der Waals surface area (Å²) in [5.74, 6) is 0. The van der Waals surface area contributed by atoms with E-state index < -0.39 is 6.23 Å². The van der Waals surface area contributed by atoms with Crippen molar-refractivity contribution < 1.29 is 4.74 Å². The van der Waals surface area contributed by atoms with Crippen molar-refractivity contribution in [1.82, 2.24) is 4.90 Å². The van der Waals surface area contributed by atoms with E-state index in [0.29, 0.717) is 0 Å². The number of nitriles is 1. The van der Waals surface area contributed by atoms with Crippen LogP contribution < -0.4 is 4.90 Å². The summed E-state index contributed by atoms with van der Waals surface area (Å²) < 4.78 is 5.13. The Bertz CT molecular complexity index is 379. The Morgan fingerprint density at radius 3 is 2.35 bits per heavy atom. The van der Waals surface area contributed by atoms with Crippen LogP contribution in [0.25, 0.3) is 0 Å². The van der Waals surface area contributed by atoms with E-state index >= 15 is 0 Å². The van der Waals surface area contributed by atoms with Gasteiger partial charge in [-0.3, -0.25) is 4.90 Å². The molecule has 0 aliphatic carbocycles. The molecule has 0 spiro atoms. The Morgan fingerprint density at radius 1 is 1.18 bits per heavy atom. The zero-order valence-corrected chi connectivity index (χ0v) is 10.0. The lowest BCUT2D eigenvalue weighted by atomic mass is 10.2. The van der Waals surface area contributed by atoms with Crippen LogP contribution in [0.3, 0.4) is 0 Å². The molecule has 0 N–H and O–H groups in total. The number of ether oxygens (including phenoxy) is 1. The molecule has 1 aromatic carbocycles. The molecule has 4 heteroatoms. The van der Waals surface area contributed by atoms with Gasteiger partial charge in [0.2, 0.25) is 0 Å². The molecule has 1 aliphatic rings. The Balaban J connectivity index is 1.93. The molecule has 0 amide bonds. The largest absolute Gasteiger partial charge is 0.369 e. The monoisotopic (exact) mass is 231 g/mol. The number of hydrogen-bond acceptors (Lipinski definition) is 4. The number of para-hydroxylation sites is 1. The fourth-order valence-corrected chi connectivity index (χ4v) is 2.14. The molecule has 0 aromatic heterocycles. The van der Waals surface area contributed by atoms with Crippen LogP contribution in [0.15, 0.2) is 30.3 Å². The molecule has 90 valence electrons. The van der Waals surface area contributed by atoms with Gasteiger partial charge < -0.3 is 9.64 Å². The second-order valence-corrected chi connectivity index (χ2v) is 4.08. The van der Waals surface area contributed by atoms with Crippen LogP contribution in [-0.4, -0.2) is 44.4 Å². The molecule has 0 bridgehead atoms. The highest BCUT2D eigenvalue weighted by Gasteiger charge is 2.23. The van der Waals surface area contributed by atoms with Crippen LogP contribution in [0.4, 0.5) is 5.69 Å². The normalized spacial score (nSPS) is 18.7. The molecular formula is C13H17N3O. The molecule has 1 unspecified atom stereocenters. The average Bonchev–Trinajstić information content (AvgIpc) is 2.42. The van der Waals surface area contributed by atoms with E-state index in [1.807, 2.05) is 6.07 Å². The topological polar surface area (TPSA) is 39.5 Å². The van der Waals surface area contributed by atoms with Gasteiger partial charge in [0.25, 0.3) is 0 Å². The summed E-state index contributed by atoms with van der Waals surface area (Å²) in [7, 11) is 1.58. The number of rotatable bonds is 3. The van der Waals surface area contributed by atoms with E-state index in [4.69, 9.17) is 10.00 Å². The zero-order chi connectivity index (χ0) is 12.1. The number of benzene rings is 1. The van der Waals surface area contributed by atoms with Gasteiger partial charge in [-0.1, -0.05) is 18.2 Å². The molecule has 0 radical (unpaired) electrons. The number of piperazine rings is 1. The maximum Gasteiger partial charge on any atom is 0.199 e. The number of methoxy groups -OCH3 is 1. The van der Waals surface area contributed by atoms with Gasteiger partial charge in [-0.2, -0.15) is 5.26 Å². The third-order valence-electron chi connectivity index (χ3n) is 3.10. The number of hydrogen-bond donors (Lipinski definition) is 0. The van der Waals surface area contributed by atoms with Crippen molar-refractivity contribution in [2.75, 3.05) is 38.2 Å². The molecule has 1 aliphatic heterocycles. The van der Waals surface area contributed by atoms with E-state index in [1.54, 1.807) is 7.11 Å². The molecule has 0 saturated carbocycles. The lowest BCUT2D eigenvalue weighted by Crippen LogP contribution is -2.50. The molecule has 1 atom stereocenters. The van der Waals surface area contributed by atoms with E-state index in [0.717, 1.165) is 26.2 Å². The Hall–Kier alpha value is -1.57. The van der Waals surface area contributed by atoms with E-state index in [9.17, 15) is 0 Å². The third kappa shape index (κ3) is 2.76. The van der Waals surface area contributed by atoms with Crippen molar-refractivity contribution >= 4 is 5.69 Å². The second kappa shape index (κ2) is 5.67. The first kappa shape index (κ1) is 11.9. The lowest BCUT2D eigenvalue weighted by molar-refractivity contribution is 0.00496. The van der Waals surface area contributed by atoms with Crippen LogP contribution in [0.2, 0.25) is 0 Å². The Labute approximate surface area is 102 Å². The summed E-state index contributed by atoms with van der Waals surface area (Å²) in [6, 6.07) is 12.5. The van der Waals surface area contributed by atoms with E-state index in [2.05, 4.69) is 40.1 Å². The number of nitrogens with zero attached hydrogens (tertiary/aromatic N) is 3. The minimum Gasteiger partial charge on any atom is -0.369 e. The minimum absolute atomic E-state index is 0.409. The van der Waals surface area contributed by atoms with Gasteiger partial charge in [0, 0.05) is 39.0 Å². The molecular weight excluding hydrogens is 214 g/mol. The van der Waals surface area contributed by atoms with Crippen LogP contribution in [-0.2, 0) is 4.74 Å². The SMILES string of the molecule is COC(C#N)N1CCN(c2ccccc2)CC1. The third-order valence-corrected chi connectivity index (χ3v) is 3.10. The lowest BCUT2D eigenvalue weighted by Gasteiger charge is -2.37. The standard InChI is InChI=1S/C13H17N3O/c1-17-13(11-14)16-9-7-15(8-10-16)12-5-3-2-4-6-12/h2-6,13H,7-10H2,1H3. The summed E-state index contributed by atoms with van der Waals surface area (Å²) in [6.07, 6.45) is -0.409. The average molecular weight is 231 g/mol. The maximum atomic E-state index is 8.93. The van der Waals surface area contributed by atoms with Gasteiger partial charge in [-0.05, 0) is 12.1 Å². The molecule has 1 fully saturated rings. The van der Waals surface area contributed by atoms with Crippen LogP contribution in [0, 0.1) is 11.3 Å². The van der Waals surface area contributed by atoms with Crippen molar-refractivity contribution in [2.24, 2.45) is 0 Å². The number of anilines is 1. The predicted molar refractivity (Wildman–Crippen MR) is 66.6 cm³/mol. The van der Waals surface area contributed by atoms with Crippen LogP contribution in [0.5, 0.6) is 0 Å². The summed E-state index contributed by atoms with van der Waals surface area (Å²) in [5.41, 5.74) is 1.25. The maximum absolute atomic E-state index is 8.93. The predicted octanol–water partition coefficient (Wildman–Crippen LogP) is 1.30. The summed E-state index contributed by atoms with van der Waals surface area (Å²) >= 11 is 0. The quantitative estimate of drug-likeness (QED) is 0.786. The van der Waals surface area contributed by atoms with Gasteiger partial charge >= 0.3 is 0 Å². The summed E-state index contributed by atoms with van der Waals surface area (Å²) in [6.45, 7) is 3.60. The molecule has 1 saturated heterocycles. The fraction of sp³-hybridized carbons (Fsp3) is 0.462. The molecule has 17 heavy (non-hydrogen) atoms. The second-order valence-electron chi connectivity index (χ2n) is 4.08. The highest BCUT2D eigenvalue weighted by Crippen LogP contribution is 2.16. The first-order chi connectivity index (χ1) is 8.35. The van der Waals surface area contributed by atoms with Crippen molar-refractivity contribution in [3.8, 4) is 6.07 Å². The van der Waals surface area contributed by atoms with E-state index in [-0.39, 0.29) is 0 Å². The Morgan fingerprint density at radius 2 is 1.82 bits per heavy atom. The van der Waals surface area contributed by atoms with Crippen molar-refractivity contribution in [3.05, 3.63) is 30.3 Å². The zero-order valence-electron chi connectivity index (χ0n) is 10.0. The van der Waals surface area contributed by atoms with Crippen molar-refractivity contribution in [3.63, 3.8) is 0 Å². The first-order valence-corrected chi connectivity index (χ1v) is 5.81. The van der Waals surface area contributed by atoms with Gasteiger partial charge in [0.15, 0.2) is 6.23 Å². The highest BCUT2D eigenvalue weighted by atomic mass is 16.5. The molecule has 2 rings (SSSR count). The van der Waals surface area contributed by atoms with Crippen molar-refractivity contribution in [2.45, 2.75) is 6.23 Å². The van der Waals surface area contributed by atoms with Gasteiger partial charge in [0.05, 0.1) is 0 Å². The Kier molecular flexibility index (Phi) is 3.97. The van der Waals surface area contributed by atoms with Crippen molar-refractivity contribution in [1.29, 1.82) is 5.26 Å². The summed E-state index contributed by atoms with van der Waals surface area (Å²) in [4.78, 5) is 4.40. The smallest absolute Gasteiger partial charge is 0.199 e. The summed E-state index contributed by atoms with van der Waals surface area (Å²) in [5, 5.41) is 8.93. The molecule has 1 aromatic rings.